The second-order valence-corrected chi connectivity index (χ2v) is 4.73. The lowest BCUT2D eigenvalue weighted by molar-refractivity contribution is 0.611. The minimum Gasteiger partial charge on any atom is -0.216 e. The zero-order valence-corrected chi connectivity index (χ0v) is 8.65. The molecule has 1 aromatic rings. The molecule has 14 heavy (non-hydrogen) atoms. The fourth-order valence-electron chi connectivity index (χ4n) is 0.869. The Morgan fingerprint density at radius 1 is 1.36 bits per heavy atom. The van der Waals surface area contributed by atoms with E-state index in [0.29, 0.717) is 0 Å². The minimum atomic E-state index is -3.38. The first-order valence-electron chi connectivity index (χ1n) is 3.87. The Hall–Kier alpha value is -1.34. The molecule has 0 N–H and O–H groups in total. The second kappa shape index (κ2) is 3.81. The summed E-state index contributed by atoms with van der Waals surface area (Å²) in [5.74, 6) is 1.77. The molecular weight excluding hydrogens is 203 g/mol. The van der Waals surface area contributed by atoms with Gasteiger partial charge in [-0.05, 0) is 30.5 Å². The summed E-state index contributed by atoms with van der Waals surface area (Å²) in [6.45, 7) is 1.75. The molecule has 0 spiro atoms. The van der Waals surface area contributed by atoms with Crippen molar-refractivity contribution >= 4 is 9.84 Å². The Labute approximate surface area is 82.7 Å². The highest BCUT2D eigenvalue weighted by Crippen LogP contribution is 2.08. The molecule has 0 heterocycles. The van der Waals surface area contributed by atoms with Gasteiger partial charge in [0.2, 0.25) is 9.84 Å². The molecule has 0 bridgehead atoms. The monoisotopic (exact) mass is 212 g/mol. The molecule has 4 heteroatoms. The van der Waals surface area contributed by atoms with E-state index in [0.717, 1.165) is 11.8 Å². The van der Waals surface area contributed by atoms with Crippen LogP contribution in [-0.4, -0.2) is 14.7 Å². The number of hydrogen-bond donors (Lipinski definition) is 0. The highest BCUT2D eigenvalue weighted by molar-refractivity contribution is 7.95. The van der Waals surface area contributed by atoms with Gasteiger partial charge in [0.15, 0.2) is 0 Å². The molecule has 1 rings (SSSR count). The lowest BCUT2D eigenvalue weighted by Gasteiger charge is -1.95. The van der Waals surface area contributed by atoms with E-state index in [-0.39, 0.29) is 5.56 Å². The van der Waals surface area contributed by atoms with Gasteiger partial charge in [-0.25, -0.2) is 12.8 Å². The van der Waals surface area contributed by atoms with E-state index in [2.05, 4.69) is 5.92 Å². The maximum Gasteiger partial charge on any atom is 0.214 e. The van der Waals surface area contributed by atoms with E-state index in [1.54, 1.807) is 13.0 Å². The van der Waals surface area contributed by atoms with Crippen molar-refractivity contribution in [1.29, 1.82) is 0 Å². The van der Waals surface area contributed by atoms with Gasteiger partial charge in [-0.3, -0.25) is 0 Å². The standard InChI is InChI=1S/C10H9FO2S/c1-8-3-4-9(10(11)7-8)5-6-14(2,12)13/h3-4,7H,1-2H3. The third-order valence-corrected chi connectivity index (χ3v) is 1.97. The SMILES string of the molecule is Cc1ccc(C#CS(C)(=O)=O)c(F)c1. The fraction of sp³-hybridized carbons (Fsp3) is 0.200. The van der Waals surface area contributed by atoms with Crippen LogP contribution < -0.4 is 0 Å². The van der Waals surface area contributed by atoms with Crippen LogP contribution in [0.2, 0.25) is 0 Å². The number of sulfone groups is 1. The summed E-state index contributed by atoms with van der Waals surface area (Å²) >= 11 is 0. The minimum absolute atomic E-state index is 0.0982. The van der Waals surface area contributed by atoms with Crippen LogP contribution in [0.1, 0.15) is 11.1 Å². The van der Waals surface area contributed by atoms with Crippen LogP contribution in [0.15, 0.2) is 18.2 Å². The Bertz CT molecular complexity index is 507. The van der Waals surface area contributed by atoms with E-state index in [4.69, 9.17) is 0 Å². The predicted molar refractivity (Wildman–Crippen MR) is 52.9 cm³/mol. The van der Waals surface area contributed by atoms with Crippen molar-refractivity contribution in [3.05, 3.63) is 35.1 Å². The molecule has 0 saturated heterocycles. The number of halogens is 1. The molecule has 0 aromatic heterocycles. The van der Waals surface area contributed by atoms with Crippen molar-refractivity contribution < 1.29 is 12.8 Å². The number of hydrogen-bond acceptors (Lipinski definition) is 2. The van der Waals surface area contributed by atoms with Gasteiger partial charge in [0.05, 0.1) is 11.8 Å². The third kappa shape index (κ3) is 3.19. The lowest BCUT2D eigenvalue weighted by Crippen LogP contribution is -1.90. The Balaban J connectivity index is 3.15. The van der Waals surface area contributed by atoms with Crippen molar-refractivity contribution in [2.45, 2.75) is 6.92 Å². The molecule has 74 valence electrons. The van der Waals surface area contributed by atoms with Gasteiger partial charge in [0, 0.05) is 5.25 Å². The topological polar surface area (TPSA) is 34.1 Å². The average Bonchev–Trinajstić information content (AvgIpc) is 2.00. The van der Waals surface area contributed by atoms with E-state index in [1.165, 1.54) is 12.1 Å². The molecule has 0 aliphatic carbocycles. The van der Waals surface area contributed by atoms with E-state index in [1.807, 2.05) is 5.25 Å². The number of aryl methyl sites for hydroxylation is 1. The van der Waals surface area contributed by atoms with Crippen molar-refractivity contribution in [2.75, 3.05) is 6.26 Å². The summed E-state index contributed by atoms with van der Waals surface area (Å²) in [4.78, 5) is 0. The van der Waals surface area contributed by atoms with Crippen LogP contribution in [0, 0.1) is 23.9 Å². The van der Waals surface area contributed by atoms with Gasteiger partial charge >= 0.3 is 0 Å². The number of benzene rings is 1. The maximum atomic E-state index is 13.1. The molecular formula is C10H9FO2S. The van der Waals surface area contributed by atoms with Crippen molar-refractivity contribution in [1.82, 2.24) is 0 Å². The summed E-state index contributed by atoms with van der Waals surface area (Å²) in [7, 11) is -3.38. The number of rotatable bonds is 0. The largest absolute Gasteiger partial charge is 0.216 e. The molecule has 0 saturated carbocycles. The van der Waals surface area contributed by atoms with E-state index < -0.39 is 15.7 Å². The highest BCUT2D eigenvalue weighted by Gasteiger charge is 1.99. The molecule has 1 aromatic carbocycles. The van der Waals surface area contributed by atoms with Crippen molar-refractivity contribution in [3.8, 4) is 11.2 Å². The first-order chi connectivity index (χ1) is 6.38. The Morgan fingerprint density at radius 2 is 2.00 bits per heavy atom. The third-order valence-electron chi connectivity index (χ3n) is 1.50. The summed E-state index contributed by atoms with van der Waals surface area (Å²) in [5.41, 5.74) is 0.869. The normalized spacial score (nSPS) is 10.5. The van der Waals surface area contributed by atoms with E-state index >= 15 is 0 Å². The van der Waals surface area contributed by atoms with Crippen LogP contribution in [0.25, 0.3) is 0 Å². The van der Waals surface area contributed by atoms with Crippen molar-refractivity contribution in [2.24, 2.45) is 0 Å². The average molecular weight is 212 g/mol. The smallest absolute Gasteiger partial charge is 0.214 e. The van der Waals surface area contributed by atoms with Gasteiger partial charge < -0.3 is 0 Å². The van der Waals surface area contributed by atoms with Gasteiger partial charge in [-0.2, -0.15) is 0 Å². The van der Waals surface area contributed by atoms with E-state index in [9.17, 15) is 12.8 Å². The molecule has 0 atom stereocenters. The van der Waals surface area contributed by atoms with Crippen LogP contribution in [0.3, 0.4) is 0 Å². The van der Waals surface area contributed by atoms with Gasteiger partial charge in [0.25, 0.3) is 0 Å². The molecule has 0 radical (unpaired) electrons. The maximum absolute atomic E-state index is 13.1. The van der Waals surface area contributed by atoms with Crippen LogP contribution >= 0.6 is 0 Å². The van der Waals surface area contributed by atoms with Crippen molar-refractivity contribution in [3.63, 3.8) is 0 Å². The zero-order valence-electron chi connectivity index (χ0n) is 7.83. The van der Waals surface area contributed by atoms with Gasteiger partial charge in [-0.1, -0.05) is 6.07 Å². The summed E-state index contributed by atoms with van der Waals surface area (Å²) in [5, 5.41) is 1.98. The van der Waals surface area contributed by atoms with Gasteiger partial charge in [0.1, 0.15) is 5.82 Å². The summed E-state index contributed by atoms with van der Waals surface area (Å²) in [6.07, 6.45) is 0.978. The molecule has 0 aliphatic heterocycles. The summed E-state index contributed by atoms with van der Waals surface area (Å²) < 4.78 is 34.5. The van der Waals surface area contributed by atoms with Crippen LogP contribution in [0.5, 0.6) is 0 Å². The molecule has 0 unspecified atom stereocenters. The van der Waals surface area contributed by atoms with Crippen LogP contribution in [-0.2, 0) is 9.84 Å². The predicted octanol–water partition coefficient (Wildman–Crippen LogP) is 1.49. The van der Waals surface area contributed by atoms with Gasteiger partial charge in [-0.15, -0.1) is 0 Å². The van der Waals surface area contributed by atoms with Crippen LogP contribution in [0.4, 0.5) is 4.39 Å². The lowest BCUT2D eigenvalue weighted by atomic mass is 10.1. The quantitative estimate of drug-likeness (QED) is 0.610. The Kier molecular flexibility index (Phi) is 2.92. The zero-order chi connectivity index (χ0) is 10.8. The fourth-order valence-corrected chi connectivity index (χ4v) is 1.16. The second-order valence-electron chi connectivity index (χ2n) is 2.98. The molecule has 2 nitrogen and oxygen atoms in total. The molecule has 0 fully saturated rings. The first kappa shape index (κ1) is 10.7. The summed E-state index contributed by atoms with van der Waals surface area (Å²) in [6, 6.07) is 4.45. The Morgan fingerprint density at radius 3 is 2.50 bits per heavy atom. The highest BCUT2D eigenvalue weighted by atomic mass is 32.2. The first-order valence-corrected chi connectivity index (χ1v) is 5.76. The molecule has 0 amide bonds. The molecule has 0 aliphatic rings.